The molecule has 1 rings (SSSR count). The molecule has 1 N–H and O–H groups in total. The molecule has 1 saturated heterocycles. The van der Waals surface area contributed by atoms with E-state index in [9.17, 15) is 19.2 Å². The molecule has 0 saturated carbocycles. The lowest BCUT2D eigenvalue weighted by atomic mass is 9.94. The molecule has 0 aromatic heterocycles. The fourth-order valence-corrected chi connectivity index (χ4v) is 3.51. The number of Topliss-reactive ketones (excluding diaryl/α,β-unsaturated/α-hetero) is 1. The van der Waals surface area contributed by atoms with Crippen LogP contribution in [-0.2, 0) is 28.6 Å². The average molecular weight is 414 g/mol. The predicted molar refractivity (Wildman–Crippen MR) is 105 cm³/mol. The first-order chi connectivity index (χ1) is 13.4. The van der Waals surface area contributed by atoms with E-state index in [2.05, 4.69) is 5.32 Å². The van der Waals surface area contributed by atoms with Crippen molar-refractivity contribution in [3.05, 3.63) is 0 Å². The minimum Gasteiger partial charge on any atom is -0.444 e. The molecule has 0 bridgehead atoms. The Bertz CT molecular complexity index is 602. The first kappa shape index (κ1) is 25.0. The van der Waals surface area contributed by atoms with Gasteiger partial charge in [-0.05, 0) is 48.0 Å². The van der Waals surface area contributed by atoms with Gasteiger partial charge in [-0.3, -0.25) is 14.5 Å². The van der Waals surface area contributed by atoms with Crippen LogP contribution >= 0.6 is 0 Å². The highest BCUT2D eigenvalue weighted by molar-refractivity contribution is 5.87. The number of hydrogen-bond acceptors (Lipinski definition) is 7. The summed E-state index contributed by atoms with van der Waals surface area (Å²) in [6.07, 6.45) is -0.324. The molecular weight excluding hydrogens is 380 g/mol. The van der Waals surface area contributed by atoms with Gasteiger partial charge in [0.1, 0.15) is 17.9 Å². The summed E-state index contributed by atoms with van der Waals surface area (Å²) in [4.78, 5) is 49.9. The second-order valence-corrected chi connectivity index (χ2v) is 8.22. The molecule has 0 radical (unpaired) electrons. The highest BCUT2D eigenvalue weighted by Crippen LogP contribution is 2.34. The van der Waals surface area contributed by atoms with Gasteiger partial charge in [0.15, 0.2) is 12.1 Å². The molecular formula is C20H34N2O7. The molecule has 1 aliphatic rings. The van der Waals surface area contributed by atoms with Crippen LogP contribution in [0.3, 0.4) is 0 Å². The summed E-state index contributed by atoms with van der Waals surface area (Å²) in [6.45, 7) is 12.0. The van der Waals surface area contributed by atoms with E-state index in [1.54, 1.807) is 27.7 Å². The van der Waals surface area contributed by atoms with Crippen LogP contribution in [0, 0.1) is 5.92 Å². The van der Waals surface area contributed by atoms with E-state index in [1.807, 2.05) is 6.92 Å². The molecule has 1 heterocycles. The van der Waals surface area contributed by atoms with Crippen LogP contribution in [0.4, 0.5) is 4.79 Å². The van der Waals surface area contributed by atoms with Gasteiger partial charge in [-0.2, -0.15) is 0 Å². The van der Waals surface area contributed by atoms with Crippen molar-refractivity contribution in [3.8, 4) is 0 Å². The zero-order valence-corrected chi connectivity index (χ0v) is 18.4. The van der Waals surface area contributed by atoms with E-state index in [1.165, 1.54) is 18.7 Å². The lowest BCUT2D eigenvalue weighted by Gasteiger charge is -2.35. The number of carbonyl (C=O) groups excluding carboxylic acids is 4. The molecule has 9 heteroatoms. The number of ketones is 1. The summed E-state index contributed by atoms with van der Waals surface area (Å²) in [5, 5.41) is 2.57. The van der Waals surface area contributed by atoms with E-state index in [-0.39, 0.29) is 18.3 Å². The first-order valence-electron chi connectivity index (χ1n) is 9.88. The SMILES string of the molecule is CCOC(C)OCC1CC(C(C)=O)N(C(=O)OC(C)(C)C)C1C(C=O)NC(C)=O. The molecule has 0 aromatic carbocycles. The third kappa shape index (κ3) is 7.40. The van der Waals surface area contributed by atoms with Gasteiger partial charge in [-0.25, -0.2) is 4.79 Å². The molecule has 0 aromatic rings. The average Bonchev–Trinajstić information content (AvgIpc) is 2.96. The number of aldehydes is 1. The van der Waals surface area contributed by atoms with Crippen LogP contribution in [-0.4, -0.2) is 72.2 Å². The fraction of sp³-hybridized carbons (Fsp3) is 0.800. The van der Waals surface area contributed by atoms with Crippen LogP contribution in [0.15, 0.2) is 0 Å². The summed E-state index contributed by atoms with van der Waals surface area (Å²) in [5.74, 6) is -1.02. The Morgan fingerprint density at radius 3 is 2.28 bits per heavy atom. The van der Waals surface area contributed by atoms with Crippen LogP contribution < -0.4 is 5.32 Å². The van der Waals surface area contributed by atoms with Crippen molar-refractivity contribution in [2.45, 2.75) is 84.9 Å². The maximum Gasteiger partial charge on any atom is 0.411 e. The molecule has 0 aliphatic carbocycles. The topological polar surface area (TPSA) is 111 Å². The van der Waals surface area contributed by atoms with Crippen molar-refractivity contribution in [1.29, 1.82) is 0 Å². The molecule has 9 nitrogen and oxygen atoms in total. The number of ether oxygens (including phenoxy) is 3. The summed E-state index contributed by atoms with van der Waals surface area (Å²) in [6, 6.07) is -2.56. The number of amides is 2. The Balaban J connectivity index is 3.25. The van der Waals surface area contributed by atoms with Gasteiger partial charge in [0.2, 0.25) is 5.91 Å². The van der Waals surface area contributed by atoms with Gasteiger partial charge in [0, 0.05) is 19.4 Å². The number of hydrogen-bond donors (Lipinski definition) is 1. The van der Waals surface area contributed by atoms with Crippen LogP contribution in [0.5, 0.6) is 0 Å². The fourth-order valence-electron chi connectivity index (χ4n) is 3.51. The normalized spacial score (nSPS) is 24.0. The zero-order chi connectivity index (χ0) is 22.4. The second kappa shape index (κ2) is 10.7. The molecule has 166 valence electrons. The Morgan fingerprint density at radius 1 is 1.21 bits per heavy atom. The number of nitrogens with one attached hydrogen (secondary N) is 1. The minimum atomic E-state index is -1.000. The van der Waals surface area contributed by atoms with Crippen molar-refractivity contribution in [2.75, 3.05) is 13.2 Å². The monoisotopic (exact) mass is 414 g/mol. The van der Waals surface area contributed by atoms with Crippen LogP contribution in [0.2, 0.25) is 0 Å². The number of likely N-dealkylation sites (tertiary alicyclic amines) is 1. The summed E-state index contributed by atoms with van der Waals surface area (Å²) in [5.41, 5.74) is -0.786. The number of nitrogens with zero attached hydrogens (tertiary/aromatic N) is 1. The van der Waals surface area contributed by atoms with Gasteiger partial charge >= 0.3 is 6.09 Å². The predicted octanol–water partition coefficient (Wildman–Crippen LogP) is 1.67. The Hall–Kier alpha value is -2.00. The van der Waals surface area contributed by atoms with Crippen molar-refractivity contribution < 1.29 is 33.4 Å². The van der Waals surface area contributed by atoms with Gasteiger partial charge in [0.05, 0.1) is 18.7 Å². The Morgan fingerprint density at radius 2 is 1.83 bits per heavy atom. The highest BCUT2D eigenvalue weighted by atomic mass is 16.7. The molecule has 0 spiro atoms. The quantitative estimate of drug-likeness (QED) is 0.451. The zero-order valence-electron chi connectivity index (χ0n) is 18.4. The van der Waals surface area contributed by atoms with Gasteiger partial charge in [-0.15, -0.1) is 0 Å². The van der Waals surface area contributed by atoms with Crippen LogP contribution in [0.25, 0.3) is 0 Å². The van der Waals surface area contributed by atoms with E-state index >= 15 is 0 Å². The van der Waals surface area contributed by atoms with E-state index in [4.69, 9.17) is 14.2 Å². The van der Waals surface area contributed by atoms with E-state index in [0.29, 0.717) is 19.3 Å². The Labute approximate surface area is 172 Å². The van der Waals surface area contributed by atoms with Crippen molar-refractivity contribution >= 4 is 24.1 Å². The van der Waals surface area contributed by atoms with E-state index < -0.39 is 42.0 Å². The summed E-state index contributed by atoms with van der Waals surface area (Å²) >= 11 is 0. The first-order valence-corrected chi connectivity index (χ1v) is 9.88. The molecule has 29 heavy (non-hydrogen) atoms. The third-order valence-corrected chi connectivity index (χ3v) is 4.57. The van der Waals surface area contributed by atoms with Crippen molar-refractivity contribution in [3.63, 3.8) is 0 Å². The second-order valence-electron chi connectivity index (χ2n) is 8.22. The van der Waals surface area contributed by atoms with E-state index in [0.717, 1.165) is 0 Å². The molecule has 5 unspecified atom stereocenters. The van der Waals surface area contributed by atoms with Crippen molar-refractivity contribution in [2.24, 2.45) is 5.92 Å². The molecule has 1 fully saturated rings. The van der Waals surface area contributed by atoms with Gasteiger partial charge in [0.25, 0.3) is 0 Å². The van der Waals surface area contributed by atoms with Crippen molar-refractivity contribution in [1.82, 2.24) is 10.2 Å². The minimum absolute atomic E-state index is 0.152. The number of carbonyl (C=O) groups is 4. The maximum atomic E-state index is 12.9. The summed E-state index contributed by atoms with van der Waals surface area (Å²) in [7, 11) is 0. The largest absolute Gasteiger partial charge is 0.444 e. The molecule has 5 atom stereocenters. The summed E-state index contributed by atoms with van der Waals surface area (Å²) < 4.78 is 16.6. The van der Waals surface area contributed by atoms with Gasteiger partial charge in [-0.1, -0.05) is 0 Å². The van der Waals surface area contributed by atoms with Crippen LogP contribution in [0.1, 0.15) is 54.9 Å². The van der Waals surface area contributed by atoms with Gasteiger partial charge < -0.3 is 24.3 Å². The molecule has 1 aliphatic heterocycles. The maximum absolute atomic E-state index is 12.9. The lowest BCUT2D eigenvalue weighted by Crippen LogP contribution is -2.57. The third-order valence-electron chi connectivity index (χ3n) is 4.57. The number of rotatable bonds is 9. The standard InChI is InChI=1S/C20H34N2O7/c1-8-27-14(4)28-11-15-9-17(12(2)24)22(19(26)29-20(5,6)7)18(15)16(10-23)21-13(3)25/h10,14-18H,8-9,11H2,1-7H3,(H,21,25). The highest BCUT2D eigenvalue weighted by Gasteiger charge is 2.50. The Kier molecular flexibility index (Phi) is 9.22. The lowest BCUT2D eigenvalue weighted by molar-refractivity contribution is -0.138. The molecule has 2 amide bonds. The smallest absolute Gasteiger partial charge is 0.411 e.